The predicted octanol–water partition coefficient (Wildman–Crippen LogP) is 4.14. The molecule has 0 amide bonds. The molecule has 1 aliphatic rings. The van der Waals surface area contributed by atoms with Gasteiger partial charge < -0.3 is 10.1 Å². The third kappa shape index (κ3) is 4.24. The zero-order valence-corrected chi connectivity index (χ0v) is 12.3. The van der Waals surface area contributed by atoms with E-state index in [4.69, 9.17) is 4.74 Å². The minimum absolute atomic E-state index is 0.692. The van der Waals surface area contributed by atoms with Gasteiger partial charge in [-0.25, -0.2) is 0 Å². The number of ether oxygens (including phenoxy) is 1. The standard InChI is InChI=1S/C17H27NO/c1-3-14-9-11-16(12-10-14)18-13-15-7-5-6-8-17(15)19-4-2/h5-8,14,16,18H,3-4,9-13H2,1-2H3. The van der Waals surface area contributed by atoms with Gasteiger partial charge in [0.1, 0.15) is 5.75 Å². The van der Waals surface area contributed by atoms with Gasteiger partial charge in [0.15, 0.2) is 0 Å². The van der Waals surface area contributed by atoms with Gasteiger partial charge in [0.05, 0.1) is 6.61 Å². The third-order valence-electron chi connectivity index (χ3n) is 4.28. The summed E-state index contributed by atoms with van der Waals surface area (Å²) in [6.45, 7) is 6.02. The molecule has 0 spiro atoms. The van der Waals surface area contributed by atoms with Crippen LogP contribution < -0.4 is 10.1 Å². The van der Waals surface area contributed by atoms with Crippen molar-refractivity contribution < 1.29 is 4.74 Å². The van der Waals surface area contributed by atoms with Gasteiger partial charge in [0.2, 0.25) is 0 Å². The Kier molecular flexibility index (Phi) is 5.71. The van der Waals surface area contributed by atoms with E-state index in [1.165, 1.54) is 37.7 Å². The van der Waals surface area contributed by atoms with Crippen molar-refractivity contribution in [3.05, 3.63) is 29.8 Å². The molecular weight excluding hydrogens is 234 g/mol. The number of rotatable bonds is 6. The van der Waals surface area contributed by atoms with Gasteiger partial charge >= 0.3 is 0 Å². The molecule has 0 unspecified atom stereocenters. The molecule has 1 fully saturated rings. The molecular formula is C17H27NO. The van der Waals surface area contributed by atoms with E-state index in [1.54, 1.807) is 0 Å². The fourth-order valence-corrected chi connectivity index (χ4v) is 2.98. The highest BCUT2D eigenvalue weighted by Gasteiger charge is 2.19. The molecule has 1 aliphatic carbocycles. The Morgan fingerprint density at radius 1 is 1.11 bits per heavy atom. The SMILES string of the molecule is CCOc1ccccc1CNC1CCC(CC)CC1. The average molecular weight is 261 g/mol. The molecule has 1 saturated carbocycles. The molecule has 0 bridgehead atoms. The van der Waals surface area contributed by atoms with Crippen LogP contribution in [-0.4, -0.2) is 12.6 Å². The Morgan fingerprint density at radius 2 is 1.84 bits per heavy atom. The molecule has 0 aromatic heterocycles. The highest BCUT2D eigenvalue weighted by atomic mass is 16.5. The van der Waals surface area contributed by atoms with Crippen molar-refractivity contribution in [1.82, 2.24) is 5.32 Å². The molecule has 19 heavy (non-hydrogen) atoms. The lowest BCUT2D eigenvalue weighted by molar-refractivity contribution is 0.283. The molecule has 106 valence electrons. The van der Waals surface area contributed by atoms with Crippen LogP contribution in [0.2, 0.25) is 0 Å². The number of hydrogen-bond donors (Lipinski definition) is 1. The normalized spacial score (nSPS) is 23.3. The first kappa shape index (κ1) is 14.4. The maximum Gasteiger partial charge on any atom is 0.123 e. The Morgan fingerprint density at radius 3 is 2.53 bits per heavy atom. The van der Waals surface area contributed by atoms with E-state index >= 15 is 0 Å². The Hall–Kier alpha value is -1.02. The molecule has 2 heteroatoms. The van der Waals surface area contributed by atoms with E-state index < -0.39 is 0 Å². The topological polar surface area (TPSA) is 21.3 Å². The zero-order valence-electron chi connectivity index (χ0n) is 12.3. The van der Waals surface area contributed by atoms with Crippen molar-refractivity contribution in [3.63, 3.8) is 0 Å². The molecule has 2 nitrogen and oxygen atoms in total. The minimum Gasteiger partial charge on any atom is -0.494 e. The first-order valence-electron chi connectivity index (χ1n) is 7.77. The van der Waals surface area contributed by atoms with Crippen LogP contribution in [0.3, 0.4) is 0 Å². The largest absolute Gasteiger partial charge is 0.494 e. The Balaban J connectivity index is 1.82. The van der Waals surface area contributed by atoms with E-state index in [0.29, 0.717) is 6.04 Å². The smallest absolute Gasteiger partial charge is 0.123 e. The summed E-state index contributed by atoms with van der Waals surface area (Å²) in [4.78, 5) is 0. The van der Waals surface area contributed by atoms with E-state index in [9.17, 15) is 0 Å². The zero-order chi connectivity index (χ0) is 13.5. The molecule has 0 aliphatic heterocycles. The van der Waals surface area contributed by atoms with Gasteiger partial charge in [-0.15, -0.1) is 0 Å². The summed E-state index contributed by atoms with van der Waals surface area (Å²) < 4.78 is 5.67. The number of benzene rings is 1. The van der Waals surface area contributed by atoms with Crippen LogP contribution in [0.15, 0.2) is 24.3 Å². The van der Waals surface area contributed by atoms with Gasteiger partial charge in [-0.3, -0.25) is 0 Å². The van der Waals surface area contributed by atoms with Crippen LogP contribution in [0.1, 0.15) is 51.5 Å². The Labute approximate surface area is 117 Å². The van der Waals surface area contributed by atoms with Crippen molar-refractivity contribution in [2.45, 2.75) is 58.5 Å². The fraction of sp³-hybridized carbons (Fsp3) is 0.647. The lowest BCUT2D eigenvalue weighted by Crippen LogP contribution is -2.32. The maximum atomic E-state index is 5.67. The minimum atomic E-state index is 0.692. The van der Waals surface area contributed by atoms with Crippen LogP contribution in [0.4, 0.5) is 0 Å². The quantitative estimate of drug-likeness (QED) is 0.831. The molecule has 0 atom stereocenters. The second-order valence-electron chi connectivity index (χ2n) is 5.55. The van der Waals surface area contributed by atoms with Crippen molar-refractivity contribution in [1.29, 1.82) is 0 Å². The summed E-state index contributed by atoms with van der Waals surface area (Å²) >= 11 is 0. The molecule has 2 rings (SSSR count). The summed E-state index contributed by atoms with van der Waals surface area (Å²) in [6, 6.07) is 9.05. The van der Waals surface area contributed by atoms with Gasteiger partial charge in [0.25, 0.3) is 0 Å². The number of hydrogen-bond acceptors (Lipinski definition) is 2. The van der Waals surface area contributed by atoms with E-state index in [-0.39, 0.29) is 0 Å². The van der Waals surface area contributed by atoms with E-state index in [1.807, 2.05) is 13.0 Å². The second-order valence-corrected chi connectivity index (χ2v) is 5.55. The summed E-state index contributed by atoms with van der Waals surface area (Å²) in [7, 11) is 0. The summed E-state index contributed by atoms with van der Waals surface area (Å²) in [5.74, 6) is 1.99. The van der Waals surface area contributed by atoms with Gasteiger partial charge in [-0.1, -0.05) is 31.5 Å². The fourth-order valence-electron chi connectivity index (χ4n) is 2.98. The van der Waals surface area contributed by atoms with Crippen molar-refractivity contribution in [2.24, 2.45) is 5.92 Å². The van der Waals surface area contributed by atoms with E-state index in [2.05, 4.69) is 30.4 Å². The highest BCUT2D eigenvalue weighted by molar-refractivity contribution is 5.33. The van der Waals surface area contributed by atoms with Gasteiger partial charge in [0, 0.05) is 18.2 Å². The molecule has 1 N–H and O–H groups in total. The van der Waals surface area contributed by atoms with Crippen molar-refractivity contribution in [3.8, 4) is 5.75 Å². The first-order chi connectivity index (χ1) is 9.33. The van der Waals surface area contributed by atoms with Crippen molar-refractivity contribution in [2.75, 3.05) is 6.61 Å². The monoisotopic (exact) mass is 261 g/mol. The summed E-state index contributed by atoms with van der Waals surface area (Å²) in [5.41, 5.74) is 1.28. The summed E-state index contributed by atoms with van der Waals surface area (Å²) in [6.07, 6.45) is 6.78. The van der Waals surface area contributed by atoms with Gasteiger partial charge in [-0.05, 0) is 44.6 Å². The predicted molar refractivity (Wildman–Crippen MR) is 80.5 cm³/mol. The number of nitrogens with one attached hydrogen (secondary N) is 1. The van der Waals surface area contributed by atoms with Crippen LogP contribution in [0.5, 0.6) is 5.75 Å². The third-order valence-corrected chi connectivity index (χ3v) is 4.28. The molecule has 1 aromatic rings. The lowest BCUT2D eigenvalue weighted by Gasteiger charge is -2.28. The van der Waals surface area contributed by atoms with Crippen LogP contribution >= 0.6 is 0 Å². The van der Waals surface area contributed by atoms with Crippen molar-refractivity contribution >= 4 is 0 Å². The van der Waals surface area contributed by atoms with E-state index in [0.717, 1.165) is 24.8 Å². The molecule has 0 radical (unpaired) electrons. The molecule has 0 heterocycles. The Bertz CT molecular complexity index is 369. The number of para-hydroxylation sites is 1. The van der Waals surface area contributed by atoms with Crippen LogP contribution in [-0.2, 0) is 6.54 Å². The maximum absolute atomic E-state index is 5.67. The average Bonchev–Trinajstić information content (AvgIpc) is 2.47. The molecule has 0 saturated heterocycles. The summed E-state index contributed by atoms with van der Waals surface area (Å²) in [5, 5.41) is 3.70. The highest BCUT2D eigenvalue weighted by Crippen LogP contribution is 2.27. The second kappa shape index (κ2) is 7.54. The lowest BCUT2D eigenvalue weighted by atomic mass is 9.84. The van der Waals surface area contributed by atoms with Crippen LogP contribution in [0.25, 0.3) is 0 Å². The first-order valence-corrected chi connectivity index (χ1v) is 7.77. The van der Waals surface area contributed by atoms with Crippen LogP contribution in [0, 0.1) is 5.92 Å². The van der Waals surface area contributed by atoms with Gasteiger partial charge in [-0.2, -0.15) is 0 Å². The molecule has 1 aromatic carbocycles.